The number of sulfonamides is 1. The maximum atomic E-state index is 14.2. The van der Waals surface area contributed by atoms with E-state index in [2.05, 4.69) is 5.32 Å². The second-order valence-corrected chi connectivity index (χ2v) is 13.6. The van der Waals surface area contributed by atoms with E-state index >= 15 is 0 Å². The third kappa shape index (κ3) is 7.59. The van der Waals surface area contributed by atoms with Crippen LogP contribution in [0.3, 0.4) is 0 Å². The molecule has 0 aromatic heterocycles. The van der Waals surface area contributed by atoms with E-state index in [0.29, 0.717) is 26.2 Å². The van der Waals surface area contributed by atoms with E-state index in [1.807, 2.05) is 0 Å². The summed E-state index contributed by atoms with van der Waals surface area (Å²) < 4.78 is 29.0. The van der Waals surface area contributed by atoms with Crippen LogP contribution >= 0.6 is 34.8 Å². The molecule has 0 spiro atoms. The van der Waals surface area contributed by atoms with E-state index in [1.54, 1.807) is 62.4 Å². The van der Waals surface area contributed by atoms with Crippen LogP contribution in [0.5, 0.6) is 0 Å². The Balaban J connectivity index is 1.73. The molecular formula is C31H34Cl3N3O4S. The lowest BCUT2D eigenvalue weighted by molar-refractivity contribution is -0.139. The number of halogens is 3. The molecule has 0 unspecified atom stereocenters. The fourth-order valence-corrected chi connectivity index (χ4v) is 7.26. The van der Waals surface area contributed by atoms with Crippen LogP contribution in [0.15, 0.2) is 71.6 Å². The van der Waals surface area contributed by atoms with Crippen molar-refractivity contribution in [2.75, 3.05) is 10.8 Å². The number of aryl methyl sites for hydroxylation is 1. The Kier molecular flexibility index (Phi) is 10.8. The van der Waals surface area contributed by atoms with Crippen molar-refractivity contribution in [3.8, 4) is 0 Å². The molecule has 4 rings (SSSR count). The van der Waals surface area contributed by atoms with Crippen LogP contribution in [0.1, 0.15) is 50.2 Å². The molecule has 42 heavy (non-hydrogen) atoms. The minimum Gasteiger partial charge on any atom is -0.352 e. The van der Waals surface area contributed by atoms with Gasteiger partial charge in [-0.25, -0.2) is 8.42 Å². The van der Waals surface area contributed by atoms with Gasteiger partial charge in [0.1, 0.15) is 12.6 Å². The minimum atomic E-state index is -4.21. The summed E-state index contributed by atoms with van der Waals surface area (Å²) in [7, 11) is -4.21. The van der Waals surface area contributed by atoms with Gasteiger partial charge in [0.15, 0.2) is 0 Å². The number of amides is 2. The second kappa shape index (κ2) is 14.1. The summed E-state index contributed by atoms with van der Waals surface area (Å²) >= 11 is 19.2. The van der Waals surface area contributed by atoms with Crippen LogP contribution in [-0.2, 0) is 26.2 Å². The molecule has 0 saturated heterocycles. The van der Waals surface area contributed by atoms with Gasteiger partial charge < -0.3 is 10.2 Å². The molecule has 0 bridgehead atoms. The normalized spacial score (nSPS) is 14.7. The van der Waals surface area contributed by atoms with Gasteiger partial charge in [0.05, 0.1) is 10.6 Å². The highest BCUT2D eigenvalue weighted by Crippen LogP contribution is 2.31. The second-order valence-electron chi connectivity index (χ2n) is 10.5. The molecule has 1 saturated carbocycles. The smallest absolute Gasteiger partial charge is 0.264 e. The largest absolute Gasteiger partial charge is 0.352 e. The number of carbonyl (C=O) groups is 2. The monoisotopic (exact) mass is 649 g/mol. The van der Waals surface area contributed by atoms with Gasteiger partial charge in [-0.3, -0.25) is 13.9 Å². The van der Waals surface area contributed by atoms with Gasteiger partial charge >= 0.3 is 0 Å². The summed E-state index contributed by atoms with van der Waals surface area (Å²) in [6.45, 7) is 2.69. The zero-order chi connectivity index (χ0) is 30.4. The molecule has 0 heterocycles. The van der Waals surface area contributed by atoms with E-state index in [1.165, 1.54) is 23.1 Å². The first kappa shape index (κ1) is 32.1. The molecule has 1 fully saturated rings. The van der Waals surface area contributed by atoms with Crippen LogP contribution in [0.2, 0.25) is 15.1 Å². The van der Waals surface area contributed by atoms with Crippen molar-refractivity contribution < 1.29 is 18.0 Å². The van der Waals surface area contributed by atoms with Gasteiger partial charge in [-0.05, 0) is 68.7 Å². The summed E-state index contributed by atoms with van der Waals surface area (Å²) in [4.78, 5) is 29.0. The summed E-state index contributed by atoms with van der Waals surface area (Å²) in [5.41, 5.74) is 1.33. The Morgan fingerprint density at radius 2 is 1.57 bits per heavy atom. The van der Waals surface area contributed by atoms with Gasteiger partial charge in [-0.1, -0.05) is 84.4 Å². The van der Waals surface area contributed by atoms with Crippen molar-refractivity contribution in [3.05, 3.63) is 92.9 Å². The number of rotatable bonds is 10. The molecule has 1 aliphatic carbocycles. The lowest BCUT2D eigenvalue weighted by Crippen LogP contribution is -2.53. The van der Waals surface area contributed by atoms with Gasteiger partial charge in [0.2, 0.25) is 11.8 Å². The molecule has 0 radical (unpaired) electrons. The number of anilines is 1. The van der Waals surface area contributed by atoms with Crippen molar-refractivity contribution in [3.63, 3.8) is 0 Å². The predicted octanol–water partition coefficient (Wildman–Crippen LogP) is 7.02. The van der Waals surface area contributed by atoms with Crippen molar-refractivity contribution >= 4 is 62.3 Å². The topological polar surface area (TPSA) is 86.8 Å². The van der Waals surface area contributed by atoms with Gasteiger partial charge in [-0.15, -0.1) is 0 Å². The van der Waals surface area contributed by atoms with E-state index in [4.69, 9.17) is 34.8 Å². The zero-order valence-corrected chi connectivity index (χ0v) is 26.6. The summed E-state index contributed by atoms with van der Waals surface area (Å²) in [6.07, 6.45) is 4.94. The Bertz CT molecular complexity index is 1510. The Morgan fingerprint density at radius 1 is 0.929 bits per heavy atom. The fraction of sp³-hybridized carbons (Fsp3) is 0.355. The Morgan fingerprint density at radius 3 is 2.21 bits per heavy atom. The molecule has 7 nitrogen and oxygen atoms in total. The molecule has 1 aliphatic rings. The Labute approximate surface area is 262 Å². The lowest BCUT2D eigenvalue weighted by atomic mass is 9.95. The van der Waals surface area contributed by atoms with Gasteiger partial charge in [0, 0.05) is 33.2 Å². The number of nitrogens with zero attached hydrogens (tertiary/aromatic N) is 2. The lowest BCUT2D eigenvalue weighted by Gasteiger charge is -2.34. The number of nitrogens with one attached hydrogen (secondary N) is 1. The summed E-state index contributed by atoms with van der Waals surface area (Å²) in [5.74, 6) is -0.925. The molecule has 11 heteroatoms. The summed E-state index contributed by atoms with van der Waals surface area (Å²) in [6, 6.07) is 16.8. The van der Waals surface area contributed by atoms with Crippen molar-refractivity contribution in [1.82, 2.24) is 10.2 Å². The van der Waals surface area contributed by atoms with Crippen molar-refractivity contribution in [2.24, 2.45) is 0 Å². The average molecular weight is 651 g/mol. The van der Waals surface area contributed by atoms with Crippen molar-refractivity contribution in [2.45, 2.75) is 69.5 Å². The first-order valence-corrected chi connectivity index (χ1v) is 16.4. The third-order valence-corrected chi connectivity index (χ3v) is 10.3. The highest BCUT2D eigenvalue weighted by molar-refractivity contribution is 7.92. The van der Waals surface area contributed by atoms with Crippen LogP contribution in [0.25, 0.3) is 0 Å². The fourth-order valence-electron chi connectivity index (χ4n) is 5.09. The third-order valence-electron chi connectivity index (χ3n) is 7.56. The van der Waals surface area contributed by atoms with Gasteiger partial charge in [-0.2, -0.15) is 0 Å². The first-order chi connectivity index (χ1) is 20.0. The molecule has 3 aromatic rings. The van der Waals surface area contributed by atoms with E-state index in [0.717, 1.165) is 36.4 Å². The highest BCUT2D eigenvalue weighted by Gasteiger charge is 2.34. The van der Waals surface area contributed by atoms with Crippen LogP contribution in [0, 0.1) is 6.92 Å². The van der Waals surface area contributed by atoms with Crippen LogP contribution in [0.4, 0.5) is 5.69 Å². The van der Waals surface area contributed by atoms with Crippen molar-refractivity contribution in [1.29, 1.82) is 0 Å². The quantitative estimate of drug-likeness (QED) is 0.256. The minimum absolute atomic E-state index is 0.0148. The summed E-state index contributed by atoms with van der Waals surface area (Å²) in [5, 5.41) is 4.06. The molecule has 1 atom stereocenters. The van der Waals surface area contributed by atoms with E-state index in [-0.39, 0.29) is 29.1 Å². The number of benzene rings is 3. The molecule has 3 aromatic carbocycles. The maximum absolute atomic E-state index is 14.2. The first-order valence-electron chi connectivity index (χ1n) is 13.9. The molecule has 1 N–H and O–H groups in total. The van der Waals surface area contributed by atoms with Crippen LogP contribution in [-0.4, -0.2) is 43.8 Å². The highest BCUT2D eigenvalue weighted by atomic mass is 35.5. The zero-order valence-electron chi connectivity index (χ0n) is 23.5. The Hall–Kier alpha value is -2.78. The van der Waals surface area contributed by atoms with Gasteiger partial charge in [0.25, 0.3) is 10.0 Å². The molecule has 0 aliphatic heterocycles. The number of hydrogen-bond donors (Lipinski definition) is 1. The number of hydrogen-bond acceptors (Lipinski definition) is 4. The standard InChI is InChI=1S/C31H34Cl3N3O4S/c1-21-16-17-23(32)18-29(21)37(42(40,41)25-12-7-4-8-13-25)20-30(38)36(19-26-27(33)14-9-15-28(26)34)22(2)31(39)35-24-10-5-3-6-11-24/h4,7-9,12-18,22,24H,3,5-6,10-11,19-20H2,1-2H3,(H,35,39)/t22-/m0/s1. The number of carbonyl (C=O) groups excluding carboxylic acids is 2. The predicted molar refractivity (Wildman–Crippen MR) is 169 cm³/mol. The SMILES string of the molecule is Cc1ccc(Cl)cc1N(CC(=O)N(Cc1c(Cl)cccc1Cl)[C@@H](C)C(=O)NC1CCCCC1)S(=O)(=O)c1ccccc1. The molecule has 2 amide bonds. The van der Waals surface area contributed by atoms with E-state index in [9.17, 15) is 18.0 Å². The van der Waals surface area contributed by atoms with E-state index < -0.39 is 28.5 Å². The molecule has 224 valence electrons. The average Bonchev–Trinajstić information content (AvgIpc) is 2.97. The van der Waals surface area contributed by atoms with Crippen LogP contribution < -0.4 is 9.62 Å². The maximum Gasteiger partial charge on any atom is 0.264 e. The molecular weight excluding hydrogens is 617 g/mol.